The highest BCUT2D eigenvalue weighted by Gasteiger charge is 2.04. The standard InChI is InChI=1S/C15H16O4S.C14H14O2.CH2Cl2/c1-20(16,17)19-12-14-8-5-9-15(10-14)18-11-13-6-3-2-4-7-13;15-10-13-7-4-8-14(9-13)16-11-12-5-2-1-3-6-12;2-1-3/h2-10H,11-12H2,1H3;1-9,15H,10-11H2;1H2. The van der Waals surface area contributed by atoms with Crippen LogP contribution < -0.4 is 9.47 Å². The van der Waals surface area contributed by atoms with E-state index in [1.807, 2.05) is 91.0 Å². The van der Waals surface area contributed by atoms with Gasteiger partial charge in [-0.1, -0.05) is 84.9 Å². The Bertz CT molecular complexity index is 1320. The Morgan fingerprint density at radius 2 is 1.03 bits per heavy atom. The van der Waals surface area contributed by atoms with Gasteiger partial charge in [-0.25, -0.2) is 0 Å². The van der Waals surface area contributed by atoms with Gasteiger partial charge in [0.05, 0.1) is 24.8 Å². The van der Waals surface area contributed by atoms with Gasteiger partial charge in [-0.2, -0.15) is 8.42 Å². The van der Waals surface area contributed by atoms with Gasteiger partial charge in [0.25, 0.3) is 10.1 Å². The molecule has 0 aliphatic rings. The van der Waals surface area contributed by atoms with Gasteiger partial charge in [0.15, 0.2) is 0 Å². The number of halogens is 2. The second-order valence-electron chi connectivity index (χ2n) is 8.07. The van der Waals surface area contributed by atoms with Crippen LogP contribution in [0.5, 0.6) is 11.5 Å². The monoisotopic (exact) mass is 590 g/mol. The highest BCUT2D eigenvalue weighted by atomic mass is 35.5. The largest absolute Gasteiger partial charge is 0.489 e. The van der Waals surface area contributed by atoms with E-state index in [1.54, 1.807) is 18.2 Å². The summed E-state index contributed by atoms with van der Waals surface area (Å²) in [5.74, 6) is 1.47. The fraction of sp³-hybridized carbons (Fsp3) is 0.200. The summed E-state index contributed by atoms with van der Waals surface area (Å²) in [6.45, 7) is 1.08. The summed E-state index contributed by atoms with van der Waals surface area (Å²) >= 11 is 9.53. The summed E-state index contributed by atoms with van der Waals surface area (Å²) in [4.78, 5) is 0. The summed E-state index contributed by atoms with van der Waals surface area (Å²) in [5.41, 5.74) is 3.83. The van der Waals surface area contributed by atoms with Crippen LogP contribution in [0, 0.1) is 0 Å². The molecule has 4 aromatic carbocycles. The van der Waals surface area contributed by atoms with Gasteiger partial charge in [0.1, 0.15) is 24.7 Å². The lowest BCUT2D eigenvalue weighted by molar-refractivity contribution is 0.278. The highest BCUT2D eigenvalue weighted by molar-refractivity contribution is 7.85. The zero-order valence-corrected chi connectivity index (χ0v) is 23.9. The summed E-state index contributed by atoms with van der Waals surface area (Å²) in [7, 11) is -3.43. The van der Waals surface area contributed by atoms with Crippen LogP contribution in [0.25, 0.3) is 0 Å². The summed E-state index contributed by atoms with van der Waals surface area (Å²) in [6, 6.07) is 34.5. The quantitative estimate of drug-likeness (QED) is 0.159. The van der Waals surface area contributed by atoms with Crippen LogP contribution >= 0.6 is 23.2 Å². The van der Waals surface area contributed by atoms with Crippen LogP contribution in [0.15, 0.2) is 109 Å². The number of ether oxygens (including phenoxy) is 2. The molecule has 0 fully saturated rings. The van der Waals surface area contributed by atoms with Crippen molar-refractivity contribution in [2.75, 3.05) is 11.6 Å². The molecule has 0 unspecified atom stereocenters. The Morgan fingerprint density at radius 3 is 1.46 bits per heavy atom. The van der Waals surface area contributed by atoms with Gasteiger partial charge in [0, 0.05) is 0 Å². The number of aliphatic hydroxyl groups is 1. The molecule has 4 rings (SSSR count). The Hall–Kier alpha value is -3.07. The Morgan fingerprint density at radius 1 is 0.615 bits per heavy atom. The van der Waals surface area contributed by atoms with E-state index in [0.29, 0.717) is 19.0 Å². The van der Waals surface area contributed by atoms with Crippen molar-refractivity contribution in [3.05, 3.63) is 131 Å². The number of alkyl halides is 2. The van der Waals surface area contributed by atoms with Crippen molar-refractivity contribution in [3.63, 3.8) is 0 Å². The van der Waals surface area contributed by atoms with E-state index >= 15 is 0 Å². The van der Waals surface area contributed by atoms with Crippen molar-refractivity contribution in [3.8, 4) is 11.5 Å². The number of benzene rings is 4. The van der Waals surface area contributed by atoms with Crippen molar-refractivity contribution in [2.24, 2.45) is 0 Å². The summed E-state index contributed by atoms with van der Waals surface area (Å²) < 4.78 is 37.9. The molecule has 39 heavy (non-hydrogen) atoms. The molecule has 4 aromatic rings. The third kappa shape index (κ3) is 14.6. The van der Waals surface area contributed by atoms with E-state index in [4.69, 9.17) is 42.0 Å². The Balaban J connectivity index is 0.000000253. The van der Waals surface area contributed by atoms with Crippen LogP contribution in [-0.4, -0.2) is 25.1 Å². The van der Waals surface area contributed by atoms with Crippen molar-refractivity contribution in [1.29, 1.82) is 0 Å². The van der Waals surface area contributed by atoms with Gasteiger partial charge in [0.2, 0.25) is 0 Å². The molecule has 0 bridgehead atoms. The molecule has 0 amide bonds. The van der Waals surface area contributed by atoms with Crippen LogP contribution in [0.3, 0.4) is 0 Å². The molecule has 9 heteroatoms. The highest BCUT2D eigenvalue weighted by Crippen LogP contribution is 2.17. The van der Waals surface area contributed by atoms with Gasteiger partial charge in [-0.05, 0) is 46.5 Å². The average Bonchev–Trinajstić information content (AvgIpc) is 2.96. The zero-order valence-electron chi connectivity index (χ0n) is 21.6. The van der Waals surface area contributed by atoms with Gasteiger partial charge in [-0.3, -0.25) is 4.18 Å². The first-order valence-corrected chi connectivity index (χ1v) is 14.8. The van der Waals surface area contributed by atoms with Crippen molar-refractivity contribution >= 4 is 33.3 Å². The van der Waals surface area contributed by atoms with Crippen LogP contribution in [0.4, 0.5) is 0 Å². The lowest BCUT2D eigenvalue weighted by Gasteiger charge is -2.08. The van der Waals surface area contributed by atoms with E-state index < -0.39 is 10.1 Å². The maximum absolute atomic E-state index is 10.9. The predicted octanol–water partition coefficient (Wildman–Crippen LogP) is 6.92. The molecule has 0 aromatic heterocycles. The second-order valence-corrected chi connectivity index (χ2v) is 10.5. The minimum Gasteiger partial charge on any atom is -0.489 e. The molecule has 208 valence electrons. The second kappa shape index (κ2) is 18.3. The maximum Gasteiger partial charge on any atom is 0.264 e. The van der Waals surface area contributed by atoms with Gasteiger partial charge < -0.3 is 14.6 Å². The van der Waals surface area contributed by atoms with E-state index in [-0.39, 0.29) is 18.6 Å². The summed E-state index contributed by atoms with van der Waals surface area (Å²) in [6.07, 6.45) is 1.03. The molecule has 0 saturated heterocycles. The van der Waals surface area contributed by atoms with Crippen molar-refractivity contribution < 1.29 is 27.2 Å². The fourth-order valence-corrected chi connectivity index (χ4v) is 3.47. The first-order chi connectivity index (χ1) is 18.8. The van der Waals surface area contributed by atoms with Crippen molar-refractivity contribution in [2.45, 2.75) is 26.4 Å². The van der Waals surface area contributed by atoms with E-state index in [2.05, 4.69) is 0 Å². The first kappa shape index (κ1) is 32.1. The van der Waals surface area contributed by atoms with Crippen LogP contribution in [0.2, 0.25) is 0 Å². The van der Waals surface area contributed by atoms with Gasteiger partial charge in [-0.15, -0.1) is 23.2 Å². The molecule has 0 heterocycles. The van der Waals surface area contributed by atoms with E-state index in [1.165, 1.54) is 0 Å². The molecular formula is C30H32Cl2O6S. The number of hydrogen-bond donors (Lipinski definition) is 1. The SMILES string of the molecule is CS(=O)(=O)OCc1cccc(OCc2ccccc2)c1.ClCCl.OCc1cccc(OCc2ccccc2)c1. The summed E-state index contributed by atoms with van der Waals surface area (Å²) in [5, 5.41) is 9.19. The lowest BCUT2D eigenvalue weighted by atomic mass is 10.2. The molecule has 6 nitrogen and oxygen atoms in total. The maximum atomic E-state index is 10.9. The van der Waals surface area contributed by atoms with Crippen LogP contribution in [0.1, 0.15) is 22.3 Å². The van der Waals surface area contributed by atoms with E-state index in [0.717, 1.165) is 34.3 Å². The average molecular weight is 592 g/mol. The molecule has 0 saturated carbocycles. The smallest absolute Gasteiger partial charge is 0.264 e. The minimum absolute atomic E-state index is 0.0152. The third-order valence-corrected chi connectivity index (χ3v) is 5.46. The van der Waals surface area contributed by atoms with Crippen LogP contribution in [-0.2, 0) is 40.7 Å². The van der Waals surface area contributed by atoms with Gasteiger partial charge >= 0.3 is 0 Å². The Kier molecular flexibility index (Phi) is 15.0. The predicted molar refractivity (Wildman–Crippen MR) is 157 cm³/mol. The molecule has 0 atom stereocenters. The fourth-order valence-electron chi connectivity index (χ4n) is 3.12. The Labute approximate surface area is 240 Å². The van der Waals surface area contributed by atoms with Crippen molar-refractivity contribution in [1.82, 2.24) is 0 Å². The molecule has 0 radical (unpaired) electrons. The number of rotatable bonds is 10. The minimum atomic E-state index is -3.43. The molecule has 0 aliphatic heterocycles. The zero-order chi connectivity index (χ0) is 28.3. The topological polar surface area (TPSA) is 82.1 Å². The molecule has 0 spiro atoms. The number of aliphatic hydroxyl groups excluding tert-OH is 1. The van der Waals surface area contributed by atoms with E-state index in [9.17, 15) is 8.42 Å². The first-order valence-electron chi connectivity index (χ1n) is 11.9. The molecule has 1 N–H and O–H groups in total. The lowest BCUT2D eigenvalue weighted by Crippen LogP contribution is -2.03. The molecular weight excluding hydrogens is 559 g/mol. The third-order valence-electron chi connectivity index (χ3n) is 4.92. The molecule has 0 aliphatic carbocycles. The number of hydrogen-bond acceptors (Lipinski definition) is 6. The normalized spacial score (nSPS) is 10.4.